The minimum atomic E-state index is -0.401. The van der Waals surface area contributed by atoms with Crippen LogP contribution in [0.5, 0.6) is 0 Å². The largest absolute Gasteiger partial charge is 0.351 e. The van der Waals surface area contributed by atoms with Crippen LogP contribution < -0.4 is 10.9 Å². The van der Waals surface area contributed by atoms with Crippen molar-refractivity contribution in [2.24, 2.45) is 0 Å². The van der Waals surface area contributed by atoms with Crippen LogP contribution in [-0.2, 0) is 6.42 Å². The number of hydrogen-bond acceptors (Lipinski definition) is 4. The van der Waals surface area contributed by atoms with Crippen molar-refractivity contribution in [3.8, 4) is 22.4 Å². The van der Waals surface area contributed by atoms with E-state index in [0.717, 1.165) is 27.4 Å². The highest BCUT2D eigenvalue weighted by molar-refractivity contribution is 7.09. The third-order valence-electron chi connectivity index (χ3n) is 4.75. The molecule has 0 saturated carbocycles. The third-order valence-corrected chi connectivity index (χ3v) is 5.77. The van der Waals surface area contributed by atoms with E-state index in [1.165, 1.54) is 0 Å². The topological polar surface area (TPSA) is 74.8 Å². The first-order valence-electron chi connectivity index (χ1n) is 9.68. The second-order valence-corrected chi connectivity index (χ2v) is 7.89. The Kier molecular flexibility index (Phi) is 5.86. The van der Waals surface area contributed by atoms with Crippen molar-refractivity contribution >= 4 is 17.2 Å². The number of rotatable bonds is 6. The quantitative estimate of drug-likeness (QED) is 0.489. The van der Waals surface area contributed by atoms with Gasteiger partial charge in [-0.2, -0.15) is 0 Å². The van der Waals surface area contributed by atoms with Crippen LogP contribution in [-0.4, -0.2) is 22.4 Å². The molecule has 4 aromatic rings. The van der Waals surface area contributed by atoms with Gasteiger partial charge < -0.3 is 10.3 Å². The lowest BCUT2D eigenvalue weighted by Crippen LogP contribution is -2.31. The normalized spacial score (nSPS) is 10.7. The number of nitrogens with one attached hydrogen (secondary N) is 2. The van der Waals surface area contributed by atoms with Gasteiger partial charge in [-0.1, -0.05) is 54.6 Å². The Bertz CT molecular complexity index is 1210. The van der Waals surface area contributed by atoms with Gasteiger partial charge in [0.2, 0.25) is 0 Å². The predicted molar refractivity (Wildman–Crippen MR) is 121 cm³/mol. The molecule has 0 aliphatic heterocycles. The van der Waals surface area contributed by atoms with E-state index in [2.05, 4.69) is 27.4 Å². The molecule has 0 spiro atoms. The third kappa shape index (κ3) is 4.55. The van der Waals surface area contributed by atoms with E-state index < -0.39 is 5.56 Å². The molecule has 1 amide bonds. The molecule has 5 nitrogen and oxygen atoms in total. The fourth-order valence-electron chi connectivity index (χ4n) is 3.19. The average molecular weight is 416 g/mol. The average Bonchev–Trinajstić information content (AvgIpc) is 3.19. The summed E-state index contributed by atoms with van der Waals surface area (Å²) in [6.45, 7) is 2.38. The number of hydrogen-bond donors (Lipinski definition) is 2. The van der Waals surface area contributed by atoms with E-state index in [4.69, 9.17) is 0 Å². The molecule has 0 saturated heterocycles. The molecule has 0 bridgehead atoms. The zero-order valence-corrected chi connectivity index (χ0v) is 17.3. The van der Waals surface area contributed by atoms with Gasteiger partial charge in [0.15, 0.2) is 0 Å². The lowest BCUT2D eigenvalue weighted by Gasteiger charge is -2.07. The van der Waals surface area contributed by atoms with Gasteiger partial charge in [-0.15, -0.1) is 11.3 Å². The fraction of sp³-hybridized carbons (Fsp3) is 0.125. The second kappa shape index (κ2) is 8.88. The van der Waals surface area contributed by atoms with E-state index in [1.54, 1.807) is 23.5 Å². The Morgan fingerprint density at radius 3 is 2.33 bits per heavy atom. The molecule has 0 aliphatic rings. The maximum atomic E-state index is 12.5. The minimum Gasteiger partial charge on any atom is -0.351 e. The molecule has 0 fully saturated rings. The minimum absolute atomic E-state index is 0.106. The van der Waals surface area contributed by atoms with Crippen LogP contribution in [0.15, 0.2) is 76.9 Å². The van der Waals surface area contributed by atoms with Crippen LogP contribution in [0, 0.1) is 6.92 Å². The Morgan fingerprint density at radius 1 is 0.967 bits per heavy atom. The van der Waals surface area contributed by atoms with Crippen LogP contribution >= 0.6 is 11.3 Å². The Balaban J connectivity index is 1.43. The molecule has 0 unspecified atom stereocenters. The summed E-state index contributed by atoms with van der Waals surface area (Å²) in [5, 5.41) is 5.74. The van der Waals surface area contributed by atoms with Crippen LogP contribution in [0.1, 0.15) is 21.1 Å². The smallest absolute Gasteiger partial charge is 0.261 e. The van der Waals surface area contributed by atoms with Crippen molar-refractivity contribution < 1.29 is 4.79 Å². The molecule has 30 heavy (non-hydrogen) atoms. The fourth-order valence-corrected chi connectivity index (χ4v) is 3.97. The van der Waals surface area contributed by atoms with Gasteiger partial charge >= 0.3 is 0 Å². The van der Waals surface area contributed by atoms with Gasteiger partial charge in [-0.3, -0.25) is 9.59 Å². The molecule has 0 atom stereocenters. The van der Waals surface area contributed by atoms with Crippen LogP contribution in [0.2, 0.25) is 0 Å². The number of aromatic nitrogens is 2. The van der Waals surface area contributed by atoms with E-state index in [0.29, 0.717) is 18.7 Å². The zero-order valence-electron chi connectivity index (χ0n) is 16.5. The van der Waals surface area contributed by atoms with Gasteiger partial charge in [0.1, 0.15) is 5.56 Å². The maximum absolute atomic E-state index is 12.5. The zero-order chi connectivity index (χ0) is 20.9. The number of H-pyrrole nitrogens is 1. The van der Waals surface area contributed by atoms with Crippen LogP contribution in [0.4, 0.5) is 0 Å². The van der Waals surface area contributed by atoms with E-state index in [1.807, 2.05) is 54.8 Å². The van der Waals surface area contributed by atoms with Crippen molar-refractivity contribution in [1.29, 1.82) is 0 Å². The molecule has 2 aromatic heterocycles. The Labute approximate surface area is 178 Å². The van der Waals surface area contributed by atoms with Gasteiger partial charge in [0.05, 0.1) is 5.01 Å². The summed E-state index contributed by atoms with van der Waals surface area (Å²) < 4.78 is 0. The molecule has 2 N–H and O–H groups in total. The highest BCUT2D eigenvalue weighted by Crippen LogP contribution is 2.23. The molecule has 6 heteroatoms. The SMILES string of the molecule is Cc1csc(CCNC(=O)c2ccc(-c3ccc(-c4ccccc4)cc3)[nH]c2=O)n1. The molecule has 0 aliphatic carbocycles. The molecular formula is C24H21N3O2S. The molecule has 2 heterocycles. The molecule has 2 aromatic carbocycles. The number of pyridine rings is 1. The molecule has 0 radical (unpaired) electrons. The van der Waals surface area contributed by atoms with Gasteiger partial charge in [-0.25, -0.2) is 4.98 Å². The summed E-state index contributed by atoms with van der Waals surface area (Å²) in [5.41, 5.74) is 4.49. The summed E-state index contributed by atoms with van der Waals surface area (Å²) in [7, 11) is 0. The second-order valence-electron chi connectivity index (χ2n) is 6.95. The lowest BCUT2D eigenvalue weighted by atomic mass is 10.0. The molecular weight excluding hydrogens is 394 g/mol. The maximum Gasteiger partial charge on any atom is 0.261 e. The number of thiazole rings is 1. The summed E-state index contributed by atoms with van der Waals surface area (Å²) in [6.07, 6.45) is 0.647. The van der Waals surface area contributed by atoms with Crippen molar-refractivity contribution in [2.75, 3.05) is 6.54 Å². The van der Waals surface area contributed by atoms with E-state index >= 15 is 0 Å². The first kappa shape index (κ1) is 19.8. The summed E-state index contributed by atoms with van der Waals surface area (Å²) in [5.74, 6) is -0.379. The first-order chi connectivity index (χ1) is 14.6. The number of aromatic amines is 1. The standard InChI is InChI=1S/C24H21N3O2S/c1-16-15-30-22(26-16)13-14-25-23(28)20-11-12-21(27-24(20)29)19-9-7-18(8-10-19)17-5-3-2-4-6-17/h2-12,15H,13-14H2,1H3,(H,25,28)(H,27,29). The van der Waals surface area contributed by atoms with E-state index in [-0.39, 0.29) is 11.5 Å². The van der Waals surface area contributed by atoms with Crippen molar-refractivity contribution in [2.45, 2.75) is 13.3 Å². The monoisotopic (exact) mass is 415 g/mol. The number of carbonyl (C=O) groups is 1. The van der Waals surface area contributed by atoms with Crippen molar-refractivity contribution in [3.63, 3.8) is 0 Å². The first-order valence-corrected chi connectivity index (χ1v) is 10.6. The Morgan fingerprint density at radius 2 is 1.67 bits per heavy atom. The summed E-state index contributed by atoms with van der Waals surface area (Å²) in [6, 6.07) is 21.4. The predicted octanol–water partition coefficient (Wildman–Crippen LogP) is 4.45. The molecule has 4 rings (SSSR count). The van der Waals surface area contributed by atoms with E-state index in [9.17, 15) is 9.59 Å². The van der Waals surface area contributed by atoms with Crippen molar-refractivity contribution in [1.82, 2.24) is 15.3 Å². The summed E-state index contributed by atoms with van der Waals surface area (Å²) in [4.78, 5) is 32.0. The van der Waals surface area contributed by atoms with Crippen LogP contribution in [0.3, 0.4) is 0 Å². The highest BCUT2D eigenvalue weighted by Gasteiger charge is 2.11. The van der Waals surface area contributed by atoms with Gasteiger partial charge in [-0.05, 0) is 35.7 Å². The number of aryl methyl sites for hydroxylation is 1. The van der Waals surface area contributed by atoms with Crippen LogP contribution in [0.25, 0.3) is 22.4 Å². The van der Waals surface area contributed by atoms with Crippen molar-refractivity contribution in [3.05, 3.63) is 98.7 Å². The Hall–Kier alpha value is -3.51. The number of amides is 1. The van der Waals surface area contributed by atoms with Gasteiger partial charge in [0.25, 0.3) is 11.5 Å². The highest BCUT2D eigenvalue weighted by atomic mass is 32.1. The lowest BCUT2D eigenvalue weighted by molar-refractivity contribution is 0.0952. The number of benzene rings is 2. The summed E-state index contributed by atoms with van der Waals surface area (Å²) >= 11 is 1.57. The number of carbonyl (C=O) groups excluding carboxylic acids is 1. The molecule has 150 valence electrons. The van der Waals surface area contributed by atoms with Gasteiger partial charge in [0, 0.05) is 29.7 Å². The number of nitrogens with zero attached hydrogens (tertiary/aromatic N) is 1.